The van der Waals surface area contributed by atoms with Crippen LogP contribution in [0.2, 0.25) is 0 Å². The molecule has 1 aliphatic heterocycles. The van der Waals surface area contributed by atoms with Crippen LogP contribution in [0.4, 0.5) is 10.1 Å². The van der Waals surface area contributed by atoms with Crippen LogP contribution in [-0.4, -0.2) is 16.9 Å². The van der Waals surface area contributed by atoms with Gasteiger partial charge in [-0.25, -0.2) is 4.39 Å². The number of hydrogen-bond acceptors (Lipinski definition) is 1. The second kappa shape index (κ2) is 5.45. The highest BCUT2D eigenvalue weighted by molar-refractivity contribution is 6.05. The molecule has 1 unspecified atom stereocenters. The van der Waals surface area contributed by atoms with E-state index in [0.29, 0.717) is 5.52 Å². The van der Waals surface area contributed by atoms with Gasteiger partial charge in [0.05, 0.1) is 5.41 Å². The lowest BCUT2D eigenvalue weighted by Crippen LogP contribution is -2.46. The third-order valence-corrected chi connectivity index (χ3v) is 5.28. The molecule has 0 saturated carbocycles. The fraction of sp³-hybridized carbons (Fsp3) is 0.286. The van der Waals surface area contributed by atoms with E-state index in [1.165, 1.54) is 17.7 Å². The van der Waals surface area contributed by atoms with E-state index in [4.69, 9.17) is 0 Å². The van der Waals surface area contributed by atoms with E-state index in [0.717, 1.165) is 23.1 Å². The van der Waals surface area contributed by atoms with Crippen molar-refractivity contribution in [3.8, 4) is 0 Å². The molecule has 1 aromatic heterocycles. The Bertz CT molecular complexity index is 973. The second-order valence-electron chi connectivity index (χ2n) is 7.37. The average molecular weight is 336 g/mol. The van der Waals surface area contributed by atoms with Gasteiger partial charge in [-0.1, -0.05) is 18.2 Å². The number of benzene rings is 2. The van der Waals surface area contributed by atoms with Gasteiger partial charge in [0.1, 0.15) is 5.82 Å². The number of rotatable bonds is 2. The van der Waals surface area contributed by atoms with Crippen LogP contribution < -0.4 is 4.90 Å². The molecule has 2 heterocycles. The minimum Gasteiger partial charge on any atom is -0.361 e. The molecule has 128 valence electrons. The van der Waals surface area contributed by atoms with Crippen molar-refractivity contribution < 1.29 is 9.18 Å². The van der Waals surface area contributed by atoms with E-state index in [9.17, 15) is 9.18 Å². The van der Waals surface area contributed by atoms with Crippen LogP contribution >= 0.6 is 0 Å². The van der Waals surface area contributed by atoms with Crippen molar-refractivity contribution in [2.75, 3.05) is 4.90 Å². The number of anilines is 1. The first-order chi connectivity index (χ1) is 11.9. The Hall–Kier alpha value is -2.62. The van der Waals surface area contributed by atoms with E-state index in [-0.39, 0.29) is 17.8 Å². The molecule has 0 aliphatic carbocycles. The first kappa shape index (κ1) is 15.9. The molecule has 1 N–H and O–H groups in total. The summed E-state index contributed by atoms with van der Waals surface area (Å²) in [5.74, 6) is -0.220. The fourth-order valence-electron chi connectivity index (χ4n) is 3.91. The molecule has 0 fully saturated rings. The highest BCUT2D eigenvalue weighted by Crippen LogP contribution is 2.38. The molecule has 0 bridgehead atoms. The van der Waals surface area contributed by atoms with Crippen LogP contribution in [0.3, 0.4) is 0 Å². The summed E-state index contributed by atoms with van der Waals surface area (Å²) >= 11 is 0. The molecule has 25 heavy (non-hydrogen) atoms. The Morgan fingerprint density at radius 2 is 2.00 bits per heavy atom. The minimum absolute atomic E-state index is 0.0650. The van der Waals surface area contributed by atoms with Crippen molar-refractivity contribution in [3.63, 3.8) is 0 Å². The molecule has 4 heteroatoms. The summed E-state index contributed by atoms with van der Waals surface area (Å²) < 4.78 is 13.5. The van der Waals surface area contributed by atoms with Gasteiger partial charge in [-0.05, 0) is 62.6 Å². The van der Waals surface area contributed by atoms with Crippen LogP contribution in [0.15, 0.2) is 48.7 Å². The highest BCUT2D eigenvalue weighted by Gasteiger charge is 2.41. The van der Waals surface area contributed by atoms with Gasteiger partial charge in [0, 0.05) is 28.8 Å². The van der Waals surface area contributed by atoms with Gasteiger partial charge in [0.2, 0.25) is 5.91 Å². The van der Waals surface area contributed by atoms with E-state index in [1.54, 1.807) is 6.07 Å². The van der Waals surface area contributed by atoms with Crippen molar-refractivity contribution in [1.29, 1.82) is 0 Å². The van der Waals surface area contributed by atoms with Gasteiger partial charge < -0.3 is 9.88 Å². The SMILES string of the molecule is CC1Cc2ccccc2N1C(=O)C(C)(C)c1c[nH]c2cc(F)ccc12. The Labute approximate surface area is 146 Å². The number of carbonyl (C=O) groups excluding carboxylic acids is 1. The van der Waals surface area contributed by atoms with Gasteiger partial charge in [0.25, 0.3) is 0 Å². The number of H-pyrrole nitrogens is 1. The quantitative estimate of drug-likeness (QED) is 0.731. The molecule has 4 rings (SSSR count). The number of nitrogens with one attached hydrogen (secondary N) is 1. The van der Waals surface area contributed by atoms with Crippen LogP contribution in [0.25, 0.3) is 10.9 Å². The summed E-state index contributed by atoms with van der Waals surface area (Å²) in [6.45, 7) is 5.96. The topological polar surface area (TPSA) is 36.1 Å². The number of aromatic amines is 1. The standard InChI is InChI=1S/C21H21FN2O/c1-13-10-14-6-4-5-7-19(14)24(13)20(25)21(2,3)17-12-23-18-11-15(22)8-9-16(17)18/h4-9,11-13,23H,10H2,1-3H3. The number of nitrogens with zero attached hydrogens (tertiary/aromatic N) is 1. The Kier molecular flexibility index (Phi) is 3.46. The summed E-state index contributed by atoms with van der Waals surface area (Å²) in [4.78, 5) is 18.5. The number of aromatic nitrogens is 1. The molecule has 1 atom stereocenters. The van der Waals surface area contributed by atoms with Crippen molar-refractivity contribution in [2.24, 2.45) is 0 Å². The van der Waals surface area contributed by atoms with Crippen LogP contribution in [0.1, 0.15) is 31.9 Å². The molecule has 0 radical (unpaired) electrons. The fourth-order valence-corrected chi connectivity index (χ4v) is 3.91. The van der Waals surface area contributed by atoms with E-state index >= 15 is 0 Å². The second-order valence-corrected chi connectivity index (χ2v) is 7.37. The van der Waals surface area contributed by atoms with Crippen molar-refractivity contribution in [3.05, 3.63) is 65.6 Å². The lowest BCUT2D eigenvalue weighted by Gasteiger charge is -2.32. The van der Waals surface area contributed by atoms with Crippen LogP contribution in [-0.2, 0) is 16.6 Å². The maximum atomic E-state index is 13.5. The van der Waals surface area contributed by atoms with Crippen molar-refractivity contribution in [1.82, 2.24) is 4.98 Å². The van der Waals surface area contributed by atoms with Gasteiger partial charge in [-0.2, -0.15) is 0 Å². The third kappa shape index (κ3) is 2.36. The largest absolute Gasteiger partial charge is 0.361 e. The third-order valence-electron chi connectivity index (χ3n) is 5.28. The summed E-state index contributed by atoms with van der Waals surface area (Å²) in [6, 6.07) is 12.9. The van der Waals surface area contributed by atoms with E-state index in [1.807, 2.05) is 43.1 Å². The summed E-state index contributed by atoms with van der Waals surface area (Å²) in [6.07, 6.45) is 2.70. The molecule has 0 spiro atoms. The predicted octanol–water partition coefficient (Wildman–Crippen LogP) is 4.56. The Morgan fingerprint density at radius 3 is 2.80 bits per heavy atom. The normalized spacial score (nSPS) is 17.1. The maximum Gasteiger partial charge on any atom is 0.237 e. The molecule has 1 aliphatic rings. The number of amides is 1. The highest BCUT2D eigenvalue weighted by atomic mass is 19.1. The molecule has 0 saturated heterocycles. The molecule has 3 aromatic rings. The zero-order valence-electron chi connectivity index (χ0n) is 14.6. The molecule has 2 aromatic carbocycles. The number of fused-ring (bicyclic) bond motifs is 2. The predicted molar refractivity (Wildman–Crippen MR) is 98.4 cm³/mol. The van der Waals surface area contributed by atoms with Crippen molar-refractivity contribution >= 4 is 22.5 Å². The van der Waals surface area contributed by atoms with Crippen LogP contribution in [0, 0.1) is 5.82 Å². The molecule has 1 amide bonds. The number of hydrogen-bond donors (Lipinski definition) is 1. The zero-order valence-corrected chi connectivity index (χ0v) is 14.6. The van der Waals surface area contributed by atoms with E-state index < -0.39 is 5.41 Å². The van der Waals surface area contributed by atoms with Crippen LogP contribution in [0.5, 0.6) is 0 Å². The van der Waals surface area contributed by atoms with Gasteiger partial charge in [0.15, 0.2) is 0 Å². The first-order valence-corrected chi connectivity index (χ1v) is 8.58. The molecular weight excluding hydrogens is 315 g/mol. The summed E-state index contributed by atoms with van der Waals surface area (Å²) in [7, 11) is 0. The number of halogens is 1. The number of carbonyl (C=O) groups is 1. The monoisotopic (exact) mass is 336 g/mol. The van der Waals surface area contributed by atoms with Gasteiger partial charge in [-0.3, -0.25) is 4.79 Å². The summed E-state index contributed by atoms with van der Waals surface area (Å²) in [5, 5.41) is 0.889. The van der Waals surface area contributed by atoms with Crippen molar-refractivity contribution in [2.45, 2.75) is 38.6 Å². The average Bonchev–Trinajstić information content (AvgIpc) is 3.13. The maximum absolute atomic E-state index is 13.5. The molecular formula is C21H21FN2O. The smallest absolute Gasteiger partial charge is 0.237 e. The number of para-hydroxylation sites is 1. The lowest BCUT2D eigenvalue weighted by molar-refractivity contribution is -0.123. The minimum atomic E-state index is -0.720. The first-order valence-electron chi connectivity index (χ1n) is 8.58. The van der Waals surface area contributed by atoms with E-state index in [2.05, 4.69) is 18.0 Å². The lowest BCUT2D eigenvalue weighted by atomic mass is 9.82. The van der Waals surface area contributed by atoms with Gasteiger partial charge >= 0.3 is 0 Å². The molecule has 3 nitrogen and oxygen atoms in total. The zero-order chi connectivity index (χ0) is 17.8. The Morgan fingerprint density at radius 1 is 1.24 bits per heavy atom. The Balaban J connectivity index is 1.78. The summed E-state index contributed by atoms with van der Waals surface area (Å²) in [5.41, 5.74) is 3.09. The van der Waals surface area contributed by atoms with Gasteiger partial charge in [-0.15, -0.1) is 0 Å².